The lowest BCUT2D eigenvalue weighted by Gasteiger charge is -2.27. The molecule has 1 aromatic heterocycles. The third kappa shape index (κ3) is 4.83. The molecule has 0 N–H and O–H groups in total. The van der Waals surface area contributed by atoms with Crippen molar-refractivity contribution < 1.29 is 14.0 Å². The van der Waals surface area contributed by atoms with Crippen molar-refractivity contribution in [2.45, 2.75) is 38.5 Å². The van der Waals surface area contributed by atoms with Crippen LogP contribution in [0.3, 0.4) is 0 Å². The second-order valence-corrected chi connectivity index (χ2v) is 8.35. The van der Waals surface area contributed by atoms with Crippen LogP contribution < -0.4 is 0 Å². The van der Waals surface area contributed by atoms with E-state index in [9.17, 15) is 19.2 Å². The number of para-hydroxylation sites is 1. The highest BCUT2D eigenvalue weighted by molar-refractivity contribution is 5.98. The van der Waals surface area contributed by atoms with Crippen molar-refractivity contribution >= 4 is 11.6 Å². The zero-order chi connectivity index (χ0) is 22.5. The molecule has 0 atom stereocenters. The van der Waals surface area contributed by atoms with Gasteiger partial charge in [-0.15, -0.1) is 0 Å². The van der Waals surface area contributed by atoms with E-state index in [0.29, 0.717) is 28.9 Å². The average Bonchev–Trinajstić information content (AvgIpc) is 3.27. The van der Waals surface area contributed by atoms with Crippen LogP contribution in [0, 0.1) is 29.0 Å². The number of benzene rings is 2. The standard InChI is InChI=1S/C26H24FN3O2/c27-23-7-3-4-8-24(23)30-14-13-21(29-30)16-25(31)19-11-9-18(10-12-19)15-26(32)22-6-2-1-5-20(22)17-28/h1-8,13-14,18-19H,9-12,15-16H2. The quantitative estimate of drug-likeness (QED) is 0.491. The van der Waals surface area contributed by atoms with Gasteiger partial charge in [0, 0.05) is 24.1 Å². The number of carbonyl (C=O) groups is 2. The van der Waals surface area contributed by atoms with E-state index in [0.717, 1.165) is 25.7 Å². The highest BCUT2D eigenvalue weighted by Crippen LogP contribution is 2.33. The predicted molar refractivity (Wildman–Crippen MR) is 118 cm³/mol. The Kier molecular flexibility index (Phi) is 6.55. The Morgan fingerprint density at radius 2 is 1.75 bits per heavy atom. The van der Waals surface area contributed by atoms with E-state index in [2.05, 4.69) is 11.2 Å². The number of aromatic nitrogens is 2. The lowest BCUT2D eigenvalue weighted by atomic mass is 9.77. The summed E-state index contributed by atoms with van der Waals surface area (Å²) < 4.78 is 15.4. The normalized spacial score (nSPS) is 18.1. The predicted octanol–water partition coefficient (Wildman–Crippen LogP) is 5.07. The van der Waals surface area contributed by atoms with Gasteiger partial charge in [0.05, 0.1) is 23.7 Å². The van der Waals surface area contributed by atoms with Gasteiger partial charge in [-0.2, -0.15) is 10.4 Å². The molecule has 0 spiro atoms. The van der Waals surface area contributed by atoms with E-state index in [1.54, 1.807) is 54.7 Å². The van der Waals surface area contributed by atoms with E-state index >= 15 is 0 Å². The van der Waals surface area contributed by atoms with E-state index in [-0.39, 0.29) is 35.6 Å². The zero-order valence-electron chi connectivity index (χ0n) is 17.7. The molecule has 6 heteroatoms. The summed E-state index contributed by atoms with van der Waals surface area (Å²) in [5.74, 6) is -0.0253. The number of halogens is 1. The summed E-state index contributed by atoms with van der Waals surface area (Å²) in [5, 5.41) is 13.6. The largest absolute Gasteiger partial charge is 0.299 e. The van der Waals surface area contributed by atoms with Crippen LogP contribution in [0.25, 0.3) is 5.69 Å². The van der Waals surface area contributed by atoms with Gasteiger partial charge >= 0.3 is 0 Å². The second kappa shape index (κ2) is 9.69. The van der Waals surface area contributed by atoms with Crippen molar-refractivity contribution in [2.75, 3.05) is 0 Å². The summed E-state index contributed by atoms with van der Waals surface area (Å²) in [5.41, 5.74) is 1.88. The molecular weight excluding hydrogens is 405 g/mol. The molecule has 0 bridgehead atoms. The van der Waals surface area contributed by atoms with Crippen molar-refractivity contribution in [2.24, 2.45) is 11.8 Å². The molecule has 0 amide bonds. The molecule has 32 heavy (non-hydrogen) atoms. The first-order valence-corrected chi connectivity index (χ1v) is 10.9. The molecule has 1 saturated carbocycles. The third-order valence-electron chi connectivity index (χ3n) is 6.22. The van der Waals surface area contributed by atoms with Crippen molar-refractivity contribution in [3.05, 3.63) is 83.4 Å². The van der Waals surface area contributed by atoms with Crippen LogP contribution in [-0.4, -0.2) is 21.3 Å². The van der Waals surface area contributed by atoms with Gasteiger partial charge in [0.15, 0.2) is 5.78 Å². The molecule has 1 fully saturated rings. The van der Waals surface area contributed by atoms with Crippen LogP contribution >= 0.6 is 0 Å². The third-order valence-corrected chi connectivity index (χ3v) is 6.22. The number of hydrogen-bond donors (Lipinski definition) is 0. The summed E-state index contributed by atoms with van der Waals surface area (Å²) in [4.78, 5) is 25.4. The lowest BCUT2D eigenvalue weighted by molar-refractivity contribution is -0.123. The molecule has 3 aromatic rings. The van der Waals surface area contributed by atoms with Gasteiger partial charge < -0.3 is 0 Å². The molecule has 162 valence electrons. The Morgan fingerprint density at radius 1 is 1.03 bits per heavy atom. The Bertz CT molecular complexity index is 1170. The number of carbonyl (C=O) groups excluding carboxylic acids is 2. The number of hydrogen-bond acceptors (Lipinski definition) is 4. The van der Waals surface area contributed by atoms with Gasteiger partial charge in [0.2, 0.25) is 0 Å². The first-order chi connectivity index (χ1) is 15.5. The number of nitriles is 1. The molecule has 0 saturated heterocycles. The Morgan fingerprint density at radius 3 is 2.50 bits per heavy atom. The highest BCUT2D eigenvalue weighted by Gasteiger charge is 2.28. The zero-order valence-corrected chi connectivity index (χ0v) is 17.7. The fraction of sp³-hybridized carbons (Fsp3) is 0.308. The first-order valence-electron chi connectivity index (χ1n) is 10.9. The fourth-order valence-corrected chi connectivity index (χ4v) is 4.43. The maximum absolute atomic E-state index is 13.9. The fourth-order valence-electron chi connectivity index (χ4n) is 4.43. The van der Waals surface area contributed by atoms with Crippen molar-refractivity contribution in [1.82, 2.24) is 9.78 Å². The number of Topliss-reactive ketones (excluding diaryl/α,β-unsaturated/α-hetero) is 2. The van der Waals surface area contributed by atoms with E-state index in [4.69, 9.17) is 0 Å². The Hall–Kier alpha value is -3.59. The number of ketones is 2. The van der Waals surface area contributed by atoms with Crippen LogP contribution in [0.4, 0.5) is 4.39 Å². The number of nitrogens with zero attached hydrogens (tertiary/aromatic N) is 3. The maximum Gasteiger partial charge on any atom is 0.164 e. The summed E-state index contributed by atoms with van der Waals surface area (Å²) in [7, 11) is 0. The minimum Gasteiger partial charge on any atom is -0.299 e. The molecule has 1 heterocycles. The summed E-state index contributed by atoms with van der Waals surface area (Å²) in [6.07, 6.45) is 5.46. The maximum atomic E-state index is 13.9. The second-order valence-electron chi connectivity index (χ2n) is 8.35. The van der Waals surface area contributed by atoms with Crippen molar-refractivity contribution in [3.63, 3.8) is 0 Å². The average molecular weight is 429 g/mol. The van der Waals surface area contributed by atoms with E-state index < -0.39 is 0 Å². The molecular formula is C26H24FN3O2. The molecule has 2 aromatic carbocycles. The topological polar surface area (TPSA) is 75.8 Å². The van der Waals surface area contributed by atoms with E-state index in [1.807, 2.05) is 0 Å². The van der Waals surface area contributed by atoms with E-state index in [1.165, 1.54) is 10.7 Å². The van der Waals surface area contributed by atoms with Gasteiger partial charge in [-0.05, 0) is 55.9 Å². The van der Waals surface area contributed by atoms with Gasteiger partial charge in [-0.3, -0.25) is 9.59 Å². The molecule has 5 nitrogen and oxygen atoms in total. The summed E-state index contributed by atoms with van der Waals surface area (Å²) in [6.45, 7) is 0. The van der Waals surface area contributed by atoms with Crippen LogP contribution in [0.15, 0.2) is 60.8 Å². The van der Waals surface area contributed by atoms with Crippen LogP contribution in [0.1, 0.15) is 53.7 Å². The molecule has 1 aliphatic rings. The van der Waals surface area contributed by atoms with Gasteiger partial charge in [-0.25, -0.2) is 9.07 Å². The molecule has 0 radical (unpaired) electrons. The van der Waals surface area contributed by atoms with Crippen LogP contribution in [0.2, 0.25) is 0 Å². The van der Waals surface area contributed by atoms with Gasteiger partial charge in [-0.1, -0.05) is 30.3 Å². The van der Waals surface area contributed by atoms with Crippen LogP contribution in [0.5, 0.6) is 0 Å². The van der Waals surface area contributed by atoms with Crippen molar-refractivity contribution in [1.29, 1.82) is 5.26 Å². The molecule has 0 unspecified atom stereocenters. The summed E-state index contributed by atoms with van der Waals surface area (Å²) in [6, 6.07) is 17.1. The van der Waals surface area contributed by atoms with Gasteiger partial charge in [0.25, 0.3) is 0 Å². The Balaban J connectivity index is 1.30. The molecule has 4 rings (SSSR count). The Labute approximate surface area is 186 Å². The number of rotatable bonds is 7. The van der Waals surface area contributed by atoms with Crippen molar-refractivity contribution in [3.8, 4) is 11.8 Å². The summed E-state index contributed by atoms with van der Waals surface area (Å²) >= 11 is 0. The first kappa shape index (κ1) is 21.6. The SMILES string of the molecule is N#Cc1ccccc1C(=O)CC1CCC(C(=O)Cc2ccn(-c3ccccc3F)n2)CC1. The minimum absolute atomic E-state index is 0.00406. The monoisotopic (exact) mass is 429 g/mol. The lowest BCUT2D eigenvalue weighted by Crippen LogP contribution is -2.24. The smallest absolute Gasteiger partial charge is 0.164 e. The molecule has 1 aliphatic carbocycles. The van der Waals surface area contributed by atoms with Gasteiger partial charge in [0.1, 0.15) is 17.3 Å². The highest BCUT2D eigenvalue weighted by atomic mass is 19.1. The minimum atomic E-state index is -0.362. The van der Waals surface area contributed by atoms with Crippen LogP contribution in [-0.2, 0) is 11.2 Å². The molecule has 0 aliphatic heterocycles.